The predicted octanol–water partition coefficient (Wildman–Crippen LogP) is 4.76. The van der Waals surface area contributed by atoms with Gasteiger partial charge < -0.3 is 0 Å². The molecule has 1 heteroatoms. The summed E-state index contributed by atoms with van der Waals surface area (Å²) < 4.78 is 0.905. The molecular weight excluding hydrogens is 307 g/mol. The molecular formula is C18H21Zr. The molecule has 0 aromatic carbocycles. The molecule has 97 valence electrons. The first-order valence-electron chi connectivity index (χ1n) is 7.76. The molecule has 4 aliphatic carbocycles. The quantitative estimate of drug-likeness (QED) is 0.651. The molecule has 0 bridgehead atoms. The van der Waals surface area contributed by atoms with Gasteiger partial charge in [-0.3, -0.25) is 0 Å². The fourth-order valence-electron chi connectivity index (χ4n) is 5.26. The van der Waals surface area contributed by atoms with Gasteiger partial charge in [0.05, 0.1) is 0 Å². The SMILES string of the molecule is [Zr][CH]1C2C=CC=CC2C2CCCCC12C1=CC=CC1. The Kier molecular flexibility index (Phi) is 3.11. The molecule has 0 heterocycles. The summed E-state index contributed by atoms with van der Waals surface area (Å²) in [7, 11) is 0. The van der Waals surface area contributed by atoms with Crippen molar-refractivity contribution in [3.8, 4) is 0 Å². The molecule has 0 N–H and O–H groups in total. The molecule has 5 atom stereocenters. The Morgan fingerprint density at radius 1 is 1.05 bits per heavy atom. The Hall–Kier alpha value is -0.157. The molecule has 4 aliphatic rings. The Balaban J connectivity index is 1.81. The first-order chi connectivity index (χ1) is 9.34. The fraction of sp³-hybridized carbons (Fsp3) is 0.556. The first kappa shape index (κ1) is 12.6. The van der Waals surface area contributed by atoms with Gasteiger partial charge in [0.1, 0.15) is 0 Å². The van der Waals surface area contributed by atoms with Crippen LogP contribution in [0.25, 0.3) is 0 Å². The molecule has 0 amide bonds. The normalized spacial score (nSPS) is 47.0. The summed E-state index contributed by atoms with van der Waals surface area (Å²) >= 11 is 1.76. The predicted molar refractivity (Wildman–Crippen MR) is 75.2 cm³/mol. The monoisotopic (exact) mass is 327 g/mol. The van der Waals surface area contributed by atoms with Gasteiger partial charge >= 0.3 is 132 Å². The molecule has 0 saturated heterocycles. The summed E-state index contributed by atoms with van der Waals surface area (Å²) in [6, 6.07) is 0. The summed E-state index contributed by atoms with van der Waals surface area (Å²) in [5, 5.41) is 0. The summed E-state index contributed by atoms with van der Waals surface area (Å²) in [5.74, 6) is 2.58. The van der Waals surface area contributed by atoms with Crippen molar-refractivity contribution < 1.29 is 24.7 Å². The van der Waals surface area contributed by atoms with Crippen molar-refractivity contribution >= 4 is 0 Å². The van der Waals surface area contributed by atoms with E-state index in [0.29, 0.717) is 5.41 Å². The number of hydrogen-bond donors (Lipinski definition) is 0. The van der Waals surface area contributed by atoms with E-state index in [1.807, 2.05) is 0 Å². The van der Waals surface area contributed by atoms with Gasteiger partial charge in [-0.2, -0.15) is 0 Å². The van der Waals surface area contributed by atoms with E-state index in [-0.39, 0.29) is 0 Å². The van der Waals surface area contributed by atoms with E-state index in [1.54, 1.807) is 30.3 Å². The summed E-state index contributed by atoms with van der Waals surface area (Å²) in [4.78, 5) is 0. The topological polar surface area (TPSA) is 0 Å². The zero-order valence-electron chi connectivity index (χ0n) is 11.4. The Morgan fingerprint density at radius 2 is 1.89 bits per heavy atom. The van der Waals surface area contributed by atoms with Crippen LogP contribution in [-0.2, 0) is 24.7 Å². The third-order valence-corrected chi connectivity index (χ3v) is 8.23. The molecule has 2 fully saturated rings. The second kappa shape index (κ2) is 4.69. The molecule has 2 saturated carbocycles. The molecule has 0 spiro atoms. The van der Waals surface area contributed by atoms with Crippen LogP contribution in [0.5, 0.6) is 0 Å². The van der Waals surface area contributed by atoms with Gasteiger partial charge in [0.15, 0.2) is 0 Å². The van der Waals surface area contributed by atoms with Crippen molar-refractivity contribution in [1.29, 1.82) is 0 Å². The zero-order valence-corrected chi connectivity index (χ0v) is 13.8. The van der Waals surface area contributed by atoms with Crippen LogP contribution in [0.4, 0.5) is 0 Å². The number of rotatable bonds is 1. The van der Waals surface area contributed by atoms with Crippen LogP contribution in [-0.4, -0.2) is 0 Å². The Labute approximate surface area is 131 Å². The van der Waals surface area contributed by atoms with Crippen LogP contribution in [0.3, 0.4) is 0 Å². The second-order valence-electron chi connectivity index (χ2n) is 6.62. The average molecular weight is 329 g/mol. The van der Waals surface area contributed by atoms with Gasteiger partial charge in [-0.25, -0.2) is 0 Å². The summed E-state index contributed by atoms with van der Waals surface area (Å²) in [5.41, 5.74) is 2.32. The van der Waals surface area contributed by atoms with Crippen LogP contribution in [0.1, 0.15) is 32.1 Å². The first-order valence-corrected chi connectivity index (χ1v) is 9.18. The van der Waals surface area contributed by atoms with Crippen molar-refractivity contribution in [2.24, 2.45) is 23.2 Å². The van der Waals surface area contributed by atoms with E-state index < -0.39 is 0 Å². The molecule has 4 rings (SSSR count). The third-order valence-electron chi connectivity index (χ3n) is 6.01. The van der Waals surface area contributed by atoms with Crippen LogP contribution >= 0.6 is 0 Å². The van der Waals surface area contributed by atoms with E-state index in [2.05, 4.69) is 42.5 Å². The average Bonchev–Trinajstić information content (AvgIpc) is 3.07. The Bertz CT molecular complexity index is 496. The van der Waals surface area contributed by atoms with E-state index >= 15 is 0 Å². The summed E-state index contributed by atoms with van der Waals surface area (Å²) in [6.45, 7) is 0. The van der Waals surface area contributed by atoms with Crippen LogP contribution < -0.4 is 0 Å². The van der Waals surface area contributed by atoms with Gasteiger partial charge in [-0.05, 0) is 0 Å². The minimum atomic E-state index is 0.550. The van der Waals surface area contributed by atoms with Crippen LogP contribution in [0.15, 0.2) is 48.1 Å². The maximum atomic E-state index is 2.53. The van der Waals surface area contributed by atoms with Crippen LogP contribution in [0, 0.1) is 23.2 Å². The van der Waals surface area contributed by atoms with Gasteiger partial charge in [-0.15, -0.1) is 0 Å². The molecule has 0 aliphatic heterocycles. The van der Waals surface area contributed by atoms with E-state index in [1.165, 1.54) is 32.1 Å². The Morgan fingerprint density at radius 3 is 2.68 bits per heavy atom. The summed E-state index contributed by atoms with van der Waals surface area (Å²) in [6.07, 6.45) is 23.8. The number of allylic oxidation sites excluding steroid dienone is 8. The second-order valence-corrected chi connectivity index (χ2v) is 8.15. The van der Waals surface area contributed by atoms with Crippen molar-refractivity contribution in [3.05, 3.63) is 48.1 Å². The van der Waals surface area contributed by atoms with Gasteiger partial charge in [0, 0.05) is 0 Å². The molecule has 0 radical (unpaired) electrons. The fourth-order valence-corrected chi connectivity index (χ4v) is 7.41. The van der Waals surface area contributed by atoms with E-state index in [0.717, 1.165) is 21.4 Å². The molecule has 0 aromatic rings. The van der Waals surface area contributed by atoms with Crippen molar-refractivity contribution in [1.82, 2.24) is 0 Å². The van der Waals surface area contributed by atoms with E-state index in [9.17, 15) is 0 Å². The van der Waals surface area contributed by atoms with Gasteiger partial charge in [0.2, 0.25) is 0 Å². The molecule has 0 nitrogen and oxygen atoms in total. The molecule has 0 aromatic heterocycles. The number of fused-ring (bicyclic) bond motifs is 3. The minimum absolute atomic E-state index is 0.550. The maximum absolute atomic E-state index is 2.53. The van der Waals surface area contributed by atoms with Crippen LogP contribution in [0.2, 0.25) is 3.63 Å². The molecule has 19 heavy (non-hydrogen) atoms. The third kappa shape index (κ3) is 1.67. The standard InChI is InChI=1S/C18H21.Zr/c1-4-10-16-14(7-1)13-18(15-8-2-3-9-15)12-6-5-11-17(16)18;/h1-4,7-8,10,13-14,16-17H,5-6,9,11-12H2;. The van der Waals surface area contributed by atoms with E-state index in [4.69, 9.17) is 0 Å². The number of hydrogen-bond acceptors (Lipinski definition) is 0. The van der Waals surface area contributed by atoms with Crippen molar-refractivity contribution in [2.75, 3.05) is 0 Å². The van der Waals surface area contributed by atoms with Gasteiger partial charge in [-0.1, -0.05) is 0 Å². The van der Waals surface area contributed by atoms with Crippen molar-refractivity contribution in [2.45, 2.75) is 35.7 Å². The zero-order chi connectivity index (χ0) is 12.9. The van der Waals surface area contributed by atoms with Crippen molar-refractivity contribution in [3.63, 3.8) is 0 Å². The van der Waals surface area contributed by atoms with Gasteiger partial charge in [0.25, 0.3) is 0 Å². The molecule has 5 unspecified atom stereocenters.